The Morgan fingerprint density at radius 1 is 1.38 bits per heavy atom. The van der Waals surface area contributed by atoms with E-state index in [0.717, 1.165) is 16.7 Å². The van der Waals surface area contributed by atoms with Crippen molar-refractivity contribution in [1.82, 2.24) is 10.2 Å². The molecule has 2 rings (SSSR count). The summed E-state index contributed by atoms with van der Waals surface area (Å²) >= 11 is 0. The van der Waals surface area contributed by atoms with Crippen LogP contribution >= 0.6 is 0 Å². The van der Waals surface area contributed by atoms with Gasteiger partial charge in [-0.2, -0.15) is 5.10 Å². The Morgan fingerprint density at radius 2 is 2.23 bits per heavy atom. The lowest BCUT2D eigenvalue weighted by Crippen LogP contribution is -1.78. The number of phenolic OH excluding ortho intramolecular Hbond substituents is 1. The van der Waals surface area contributed by atoms with Gasteiger partial charge in [-0.15, -0.1) is 0 Å². The summed E-state index contributed by atoms with van der Waals surface area (Å²) in [5.41, 5.74) is 2.84. The molecule has 1 aromatic carbocycles. The number of rotatable bonds is 1. The molecule has 0 spiro atoms. The molecule has 0 unspecified atom stereocenters. The van der Waals surface area contributed by atoms with E-state index in [9.17, 15) is 5.11 Å². The van der Waals surface area contributed by atoms with Crippen molar-refractivity contribution in [3.05, 3.63) is 36.2 Å². The van der Waals surface area contributed by atoms with Crippen LogP contribution in [0.25, 0.3) is 11.1 Å². The number of hydrogen-bond acceptors (Lipinski definition) is 2. The fourth-order valence-corrected chi connectivity index (χ4v) is 1.28. The summed E-state index contributed by atoms with van der Waals surface area (Å²) in [5, 5.41) is 16.1. The molecule has 0 aliphatic carbocycles. The first-order valence-electron chi connectivity index (χ1n) is 4.06. The number of aromatic amines is 1. The number of nitrogens with zero attached hydrogens (tertiary/aromatic N) is 1. The number of aromatic hydroxyl groups is 1. The van der Waals surface area contributed by atoms with Crippen molar-refractivity contribution >= 4 is 0 Å². The molecule has 0 fully saturated rings. The monoisotopic (exact) mass is 174 g/mol. The fourth-order valence-electron chi connectivity index (χ4n) is 1.28. The van der Waals surface area contributed by atoms with Gasteiger partial charge >= 0.3 is 0 Å². The normalized spacial score (nSPS) is 10.2. The standard InChI is InChI=1S/C10H10N2O/c1-7-2-3-10(13)9(4-7)8-5-11-12-6-8/h2-6,13H,1H3,(H,11,12). The molecule has 3 heteroatoms. The molecule has 0 amide bonds. The zero-order valence-electron chi connectivity index (χ0n) is 7.28. The van der Waals surface area contributed by atoms with Crippen LogP contribution in [-0.4, -0.2) is 15.3 Å². The van der Waals surface area contributed by atoms with Gasteiger partial charge in [0.15, 0.2) is 0 Å². The molecule has 1 aromatic heterocycles. The van der Waals surface area contributed by atoms with E-state index in [1.807, 2.05) is 19.1 Å². The first-order chi connectivity index (χ1) is 6.27. The van der Waals surface area contributed by atoms with Gasteiger partial charge in [-0.1, -0.05) is 11.6 Å². The van der Waals surface area contributed by atoms with E-state index in [1.54, 1.807) is 18.5 Å². The largest absolute Gasteiger partial charge is 0.507 e. The van der Waals surface area contributed by atoms with Crippen molar-refractivity contribution < 1.29 is 5.11 Å². The highest BCUT2D eigenvalue weighted by molar-refractivity contribution is 5.69. The van der Waals surface area contributed by atoms with Crippen molar-refractivity contribution in [2.24, 2.45) is 0 Å². The average molecular weight is 174 g/mol. The van der Waals surface area contributed by atoms with Crippen molar-refractivity contribution in [3.8, 4) is 16.9 Å². The van der Waals surface area contributed by atoms with E-state index < -0.39 is 0 Å². The number of H-pyrrole nitrogens is 1. The van der Waals surface area contributed by atoms with Crippen LogP contribution in [0.5, 0.6) is 5.75 Å². The molecule has 2 N–H and O–H groups in total. The molecular formula is C10H10N2O. The van der Waals surface area contributed by atoms with Crippen molar-refractivity contribution in [2.75, 3.05) is 0 Å². The first kappa shape index (κ1) is 7.86. The molecule has 0 aliphatic rings. The molecule has 0 saturated heterocycles. The van der Waals surface area contributed by atoms with E-state index >= 15 is 0 Å². The molecule has 2 aromatic rings. The summed E-state index contributed by atoms with van der Waals surface area (Å²) in [6, 6.07) is 5.50. The smallest absolute Gasteiger partial charge is 0.123 e. The van der Waals surface area contributed by atoms with Gasteiger partial charge in [0.2, 0.25) is 0 Å². The molecule has 0 aliphatic heterocycles. The maximum absolute atomic E-state index is 9.57. The number of phenols is 1. The highest BCUT2D eigenvalue weighted by atomic mass is 16.3. The SMILES string of the molecule is Cc1ccc(O)c(-c2cn[nH]c2)c1. The molecule has 1 heterocycles. The highest BCUT2D eigenvalue weighted by Crippen LogP contribution is 2.28. The minimum Gasteiger partial charge on any atom is -0.507 e. The van der Waals surface area contributed by atoms with Crippen LogP contribution in [0.4, 0.5) is 0 Å². The summed E-state index contributed by atoms with van der Waals surface area (Å²) < 4.78 is 0. The topological polar surface area (TPSA) is 48.9 Å². The number of nitrogens with one attached hydrogen (secondary N) is 1. The van der Waals surface area contributed by atoms with Crippen LogP contribution in [0.1, 0.15) is 5.56 Å². The third kappa shape index (κ3) is 1.40. The lowest BCUT2D eigenvalue weighted by Gasteiger charge is -2.02. The molecule has 3 nitrogen and oxygen atoms in total. The number of hydrogen-bond donors (Lipinski definition) is 2. The zero-order chi connectivity index (χ0) is 9.26. The maximum atomic E-state index is 9.57. The van der Waals surface area contributed by atoms with Gasteiger partial charge in [-0.05, 0) is 19.1 Å². The number of aromatic nitrogens is 2. The van der Waals surface area contributed by atoms with Gasteiger partial charge in [0.25, 0.3) is 0 Å². The first-order valence-corrected chi connectivity index (χ1v) is 4.06. The van der Waals surface area contributed by atoms with E-state index in [-0.39, 0.29) is 5.75 Å². The van der Waals surface area contributed by atoms with Gasteiger partial charge in [0.05, 0.1) is 6.20 Å². The van der Waals surface area contributed by atoms with Crippen molar-refractivity contribution in [2.45, 2.75) is 6.92 Å². The Balaban J connectivity index is 2.57. The van der Waals surface area contributed by atoms with Crippen molar-refractivity contribution in [1.29, 1.82) is 0 Å². The third-order valence-electron chi connectivity index (χ3n) is 1.96. The van der Waals surface area contributed by atoms with Crippen LogP contribution < -0.4 is 0 Å². The van der Waals surface area contributed by atoms with Crippen LogP contribution in [0, 0.1) is 6.92 Å². The second kappa shape index (κ2) is 2.94. The van der Waals surface area contributed by atoms with Gasteiger partial charge in [-0.3, -0.25) is 5.10 Å². The summed E-state index contributed by atoms with van der Waals surface area (Å²) in [5.74, 6) is 0.284. The minimum atomic E-state index is 0.284. The molecular weight excluding hydrogens is 164 g/mol. The Labute approximate surface area is 76.0 Å². The van der Waals surface area contributed by atoms with E-state index in [2.05, 4.69) is 10.2 Å². The predicted octanol–water partition coefficient (Wildman–Crippen LogP) is 2.09. The van der Waals surface area contributed by atoms with Gasteiger partial charge in [-0.25, -0.2) is 0 Å². The third-order valence-corrected chi connectivity index (χ3v) is 1.96. The van der Waals surface area contributed by atoms with E-state index in [1.165, 1.54) is 0 Å². The molecule has 0 radical (unpaired) electrons. The molecule has 66 valence electrons. The van der Waals surface area contributed by atoms with Crippen molar-refractivity contribution in [3.63, 3.8) is 0 Å². The van der Waals surface area contributed by atoms with Gasteiger partial charge < -0.3 is 5.11 Å². The second-order valence-corrected chi connectivity index (χ2v) is 3.01. The highest BCUT2D eigenvalue weighted by Gasteiger charge is 2.04. The maximum Gasteiger partial charge on any atom is 0.123 e. The zero-order valence-corrected chi connectivity index (χ0v) is 7.28. The van der Waals surface area contributed by atoms with Gasteiger partial charge in [0.1, 0.15) is 5.75 Å². The second-order valence-electron chi connectivity index (χ2n) is 3.01. The predicted molar refractivity (Wildman–Crippen MR) is 50.4 cm³/mol. The van der Waals surface area contributed by atoms with Gasteiger partial charge in [0, 0.05) is 17.3 Å². The van der Waals surface area contributed by atoms with E-state index in [4.69, 9.17) is 0 Å². The summed E-state index contributed by atoms with van der Waals surface area (Å²) in [7, 11) is 0. The summed E-state index contributed by atoms with van der Waals surface area (Å²) in [6.45, 7) is 1.99. The van der Waals surface area contributed by atoms with E-state index in [0.29, 0.717) is 0 Å². The molecule has 0 saturated carbocycles. The molecule has 0 atom stereocenters. The minimum absolute atomic E-state index is 0.284. The fraction of sp³-hybridized carbons (Fsp3) is 0.100. The number of benzene rings is 1. The number of aryl methyl sites for hydroxylation is 1. The van der Waals surface area contributed by atoms with Crippen LogP contribution in [0.15, 0.2) is 30.6 Å². The molecule has 13 heavy (non-hydrogen) atoms. The Kier molecular flexibility index (Phi) is 1.77. The molecule has 0 bridgehead atoms. The Hall–Kier alpha value is -1.77. The lowest BCUT2D eigenvalue weighted by atomic mass is 10.1. The summed E-state index contributed by atoms with van der Waals surface area (Å²) in [4.78, 5) is 0. The Morgan fingerprint density at radius 3 is 2.92 bits per heavy atom. The summed E-state index contributed by atoms with van der Waals surface area (Å²) in [6.07, 6.45) is 3.45. The Bertz CT molecular complexity index is 407. The average Bonchev–Trinajstić information content (AvgIpc) is 2.61. The van der Waals surface area contributed by atoms with Crippen LogP contribution in [0.2, 0.25) is 0 Å². The lowest BCUT2D eigenvalue weighted by molar-refractivity contribution is 0.477. The quantitative estimate of drug-likeness (QED) is 0.695. The van der Waals surface area contributed by atoms with Crippen LogP contribution in [-0.2, 0) is 0 Å². The van der Waals surface area contributed by atoms with Crippen LogP contribution in [0.3, 0.4) is 0 Å².